The van der Waals surface area contributed by atoms with Gasteiger partial charge in [0, 0.05) is 43.6 Å². The molecule has 1 aromatic carbocycles. The van der Waals surface area contributed by atoms with Crippen LogP contribution in [0, 0.1) is 0 Å². The Morgan fingerprint density at radius 3 is 2.53 bits per heavy atom. The van der Waals surface area contributed by atoms with Crippen molar-refractivity contribution in [2.75, 3.05) is 43.4 Å². The van der Waals surface area contributed by atoms with Gasteiger partial charge < -0.3 is 19.7 Å². The fraction of sp³-hybridized carbons (Fsp3) is 0.423. The maximum absolute atomic E-state index is 5.04. The highest BCUT2D eigenvalue weighted by atomic mass is 32.1. The zero-order valence-electron chi connectivity index (χ0n) is 19.7. The first-order valence-electron chi connectivity index (χ1n) is 12.3. The number of nitrogens with one attached hydrogen (secondary N) is 1. The summed E-state index contributed by atoms with van der Waals surface area (Å²) in [4.78, 5) is 20.8. The number of thiophene rings is 1. The molecule has 0 radical (unpaired) electrons. The lowest BCUT2D eigenvalue weighted by Gasteiger charge is -2.32. The molecule has 0 spiro atoms. The Balaban J connectivity index is 1.29. The largest absolute Gasteiger partial charge is 0.364 e. The minimum atomic E-state index is 0.498. The molecule has 6 rings (SSSR count). The fourth-order valence-corrected chi connectivity index (χ4v) is 5.77. The number of imidazole rings is 1. The van der Waals surface area contributed by atoms with Gasteiger partial charge >= 0.3 is 0 Å². The lowest BCUT2D eigenvalue weighted by Crippen LogP contribution is -2.45. The van der Waals surface area contributed by atoms with E-state index >= 15 is 0 Å². The standard InChI is InChI=1S/C26H31N7S/c1-31-12-14-32(15-13-31)26-29-24(23-25(30-26)33(18-28-23)21-5-2-3-6-21)27-17-19-8-10-20(11-9-19)22-7-4-16-34-22/h4,7-11,16,18,21H,2-3,5-6,12-15,17H2,1H3,(H,27,29,30). The molecule has 0 unspecified atom stereocenters. The number of benzene rings is 1. The number of aromatic nitrogens is 4. The van der Waals surface area contributed by atoms with Crippen LogP contribution in [0.2, 0.25) is 0 Å². The molecule has 2 fully saturated rings. The van der Waals surface area contributed by atoms with E-state index in [0.29, 0.717) is 12.6 Å². The molecular formula is C26H31N7S. The van der Waals surface area contributed by atoms with Crippen LogP contribution in [0.4, 0.5) is 11.8 Å². The van der Waals surface area contributed by atoms with Gasteiger partial charge in [0.15, 0.2) is 17.0 Å². The van der Waals surface area contributed by atoms with Crippen LogP contribution in [0.3, 0.4) is 0 Å². The molecule has 4 aromatic rings. The van der Waals surface area contributed by atoms with Crippen LogP contribution in [-0.2, 0) is 6.54 Å². The molecule has 0 amide bonds. The summed E-state index contributed by atoms with van der Waals surface area (Å²) in [6.07, 6.45) is 6.96. The maximum atomic E-state index is 5.04. The van der Waals surface area contributed by atoms with Crippen molar-refractivity contribution in [1.29, 1.82) is 0 Å². The van der Waals surface area contributed by atoms with Gasteiger partial charge in [-0.1, -0.05) is 43.2 Å². The Morgan fingerprint density at radius 1 is 1.00 bits per heavy atom. The summed E-state index contributed by atoms with van der Waals surface area (Å²) < 4.78 is 2.30. The predicted octanol–water partition coefficient (Wildman–Crippen LogP) is 5.03. The molecule has 176 valence electrons. The van der Waals surface area contributed by atoms with Crippen LogP contribution in [-0.4, -0.2) is 57.6 Å². The molecule has 34 heavy (non-hydrogen) atoms. The summed E-state index contributed by atoms with van der Waals surface area (Å²) in [6.45, 7) is 4.66. The molecule has 1 saturated carbocycles. The van der Waals surface area contributed by atoms with Gasteiger partial charge in [0.1, 0.15) is 0 Å². The molecule has 1 aliphatic heterocycles. The normalized spacial score (nSPS) is 17.6. The van der Waals surface area contributed by atoms with E-state index in [1.54, 1.807) is 11.3 Å². The van der Waals surface area contributed by atoms with E-state index in [0.717, 1.165) is 49.1 Å². The Kier molecular flexibility index (Phi) is 5.93. The van der Waals surface area contributed by atoms with Crippen molar-refractivity contribution >= 4 is 34.3 Å². The second-order valence-corrected chi connectivity index (χ2v) is 10.4. The smallest absolute Gasteiger partial charge is 0.229 e. The summed E-state index contributed by atoms with van der Waals surface area (Å²) in [5.74, 6) is 1.65. The number of likely N-dealkylation sites (N-methyl/N-ethyl adjacent to an activating group) is 1. The lowest BCUT2D eigenvalue weighted by molar-refractivity contribution is 0.311. The minimum Gasteiger partial charge on any atom is -0.364 e. The summed E-state index contributed by atoms with van der Waals surface area (Å²) in [5.41, 5.74) is 4.32. The van der Waals surface area contributed by atoms with E-state index in [1.165, 1.54) is 41.7 Å². The van der Waals surface area contributed by atoms with Crippen molar-refractivity contribution < 1.29 is 0 Å². The molecule has 8 heteroatoms. The Bertz CT molecular complexity index is 1230. The minimum absolute atomic E-state index is 0.498. The van der Waals surface area contributed by atoms with Gasteiger partial charge in [0.05, 0.1) is 6.33 Å². The highest BCUT2D eigenvalue weighted by molar-refractivity contribution is 7.13. The average Bonchev–Trinajstić information content (AvgIpc) is 3.65. The van der Waals surface area contributed by atoms with Crippen molar-refractivity contribution in [3.63, 3.8) is 0 Å². The highest BCUT2D eigenvalue weighted by Crippen LogP contribution is 2.33. The molecule has 7 nitrogen and oxygen atoms in total. The Labute approximate surface area is 204 Å². The first-order chi connectivity index (χ1) is 16.7. The highest BCUT2D eigenvalue weighted by Gasteiger charge is 2.24. The third-order valence-electron chi connectivity index (χ3n) is 7.13. The van der Waals surface area contributed by atoms with Crippen molar-refractivity contribution in [3.05, 3.63) is 53.7 Å². The van der Waals surface area contributed by atoms with E-state index in [4.69, 9.17) is 15.0 Å². The van der Waals surface area contributed by atoms with Gasteiger partial charge in [0.25, 0.3) is 0 Å². The van der Waals surface area contributed by atoms with Crippen LogP contribution in [0.5, 0.6) is 0 Å². The summed E-state index contributed by atoms with van der Waals surface area (Å²) >= 11 is 1.77. The second-order valence-electron chi connectivity index (χ2n) is 9.45. The molecule has 3 aromatic heterocycles. The van der Waals surface area contributed by atoms with Crippen molar-refractivity contribution in [3.8, 4) is 10.4 Å². The number of fused-ring (bicyclic) bond motifs is 1. The van der Waals surface area contributed by atoms with Crippen molar-refractivity contribution in [2.24, 2.45) is 0 Å². The molecule has 1 aliphatic carbocycles. The summed E-state index contributed by atoms with van der Waals surface area (Å²) in [7, 11) is 2.17. The zero-order valence-corrected chi connectivity index (χ0v) is 20.5. The molecule has 1 saturated heterocycles. The fourth-order valence-electron chi connectivity index (χ4n) is 5.04. The quantitative estimate of drug-likeness (QED) is 0.424. The number of nitrogens with zero attached hydrogens (tertiary/aromatic N) is 6. The van der Waals surface area contributed by atoms with Gasteiger partial charge in [-0.2, -0.15) is 9.97 Å². The SMILES string of the molecule is CN1CCN(c2nc(NCc3ccc(-c4cccs4)cc3)c3ncn(C4CCCC4)c3n2)CC1. The number of rotatable bonds is 6. The van der Waals surface area contributed by atoms with Gasteiger partial charge in [-0.15, -0.1) is 11.3 Å². The van der Waals surface area contributed by atoms with Gasteiger partial charge in [-0.25, -0.2) is 4.98 Å². The van der Waals surface area contributed by atoms with Crippen molar-refractivity contribution in [2.45, 2.75) is 38.3 Å². The van der Waals surface area contributed by atoms with Crippen LogP contribution < -0.4 is 10.2 Å². The van der Waals surface area contributed by atoms with Gasteiger partial charge in [0.2, 0.25) is 5.95 Å². The topological polar surface area (TPSA) is 62.1 Å². The molecule has 1 N–H and O–H groups in total. The number of hydrogen-bond donors (Lipinski definition) is 1. The van der Waals surface area contributed by atoms with E-state index in [1.807, 2.05) is 6.33 Å². The van der Waals surface area contributed by atoms with Gasteiger partial charge in [-0.05, 0) is 42.5 Å². The molecule has 2 aliphatic rings. The molecule has 0 bridgehead atoms. The first-order valence-corrected chi connectivity index (χ1v) is 13.2. The molecule has 4 heterocycles. The zero-order chi connectivity index (χ0) is 22.9. The number of piperazine rings is 1. The van der Waals surface area contributed by atoms with Crippen molar-refractivity contribution in [1.82, 2.24) is 24.4 Å². The average molecular weight is 474 g/mol. The Morgan fingerprint density at radius 2 is 1.79 bits per heavy atom. The van der Waals surface area contributed by atoms with E-state index in [-0.39, 0.29) is 0 Å². The first kappa shape index (κ1) is 21.6. The maximum Gasteiger partial charge on any atom is 0.229 e. The third-order valence-corrected chi connectivity index (χ3v) is 8.05. The van der Waals surface area contributed by atoms with Gasteiger partial charge in [-0.3, -0.25) is 0 Å². The molecular weight excluding hydrogens is 442 g/mol. The van der Waals surface area contributed by atoms with E-state index in [2.05, 4.69) is 68.5 Å². The number of anilines is 2. The predicted molar refractivity (Wildman–Crippen MR) is 140 cm³/mol. The Hall–Kier alpha value is -2.97. The van der Waals surface area contributed by atoms with E-state index < -0.39 is 0 Å². The van der Waals surface area contributed by atoms with Crippen LogP contribution >= 0.6 is 11.3 Å². The summed E-state index contributed by atoms with van der Waals surface area (Å²) in [5, 5.41) is 5.71. The lowest BCUT2D eigenvalue weighted by atomic mass is 10.1. The molecule has 0 atom stereocenters. The van der Waals surface area contributed by atoms with Crippen LogP contribution in [0.1, 0.15) is 37.3 Å². The summed E-state index contributed by atoms with van der Waals surface area (Å²) in [6, 6.07) is 13.5. The van der Waals surface area contributed by atoms with Crippen LogP contribution in [0.15, 0.2) is 48.1 Å². The second kappa shape index (κ2) is 9.35. The van der Waals surface area contributed by atoms with Crippen LogP contribution in [0.25, 0.3) is 21.6 Å². The monoisotopic (exact) mass is 473 g/mol. The third kappa shape index (κ3) is 4.28. The number of hydrogen-bond acceptors (Lipinski definition) is 7. The van der Waals surface area contributed by atoms with E-state index in [9.17, 15) is 0 Å².